The fourth-order valence-corrected chi connectivity index (χ4v) is 3.62. The normalized spacial score (nSPS) is 16.3. The van der Waals surface area contributed by atoms with Gasteiger partial charge in [0.25, 0.3) is 5.91 Å². The molecule has 1 aliphatic heterocycles. The van der Waals surface area contributed by atoms with Crippen LogP contribution in [0.2, 0.25) is 5.02 Å². The van der Waals surface area contributed by atoms with E-state index in [-0.39, 0.29) is 11.1 Å². The summed E-state index contributed by atoms with van der Waals surface area (Å²) in [6.45, 7) is 4.02. The van der Waals surface area contributed by atoms with E-state index in [9.17, 15) is 4.79 Å². The number of nitrogens with zero attached hydrogens (tertiary/aromatic N) is 2. The lowest BCUT2D eigenvalue weighted by Gasteiger charge is -2.10. The predicted octanol–water partition coefficient (Wildman–Crippen LogP) is 4.44. The van der Waals surface area contributed by atoms with Crippen LogP contribution in [0.1, 0.15) is 17.0 Å². The molecule has 2 N–H and O–H groups in total. The van der Waals surface area contributed by atoms with Gasteiger partial charge in [0.05, 0.1) is 9.93 Å². The highest BCUT2D eigenvalue weighted by molar-refractivity contribution is 9.10. The van der Waals surface area contributed by atoms with Gasteiger partial charge >= 0.3 is 0 Å². The van der Waals surface area contributed by atoms with Crippen molar-refractivity contribution in [3.8, 4) is 5.69 Å². The van der Waals surface area contributed by atoms with E-state index in [1.165, 1.54) is 11.8 Å². The molecule has 0 saturated heterocycles. The summed E-state index contributed by atoms with van der Waals surface area (Å²) < 4.78 is 2.95. The molecule has 0 unspecified atom stereocenters. The van der Waals surface area contributed by atoms with Crippen LogP contribution in [0.25, 0.3) is 11.8 Å². The number of hydrogen-bond donors (Lipinski definition) is 1. The molecule has 1 amide bonds. The molecule has 0 bridgehead atoms. The monoisotopic (exact) mass is 409 g/mol. The van der Waals surface area contributed by atoms with E-state index in [0.717, 1.165) is 27.1 Å². The lowest BCUT2D eigenvalue weighted by atomic mass is 10.2. The Kier molecular flexibility index (Phi) is 4.40. The van der Waals surface area contributed by atoms with Crippen LogP contribution in [0.4, 0.5) is 0 Å². The zero-order chi connectivity index (χ0) is 16.7. The van der Waals surface area contributed by atoms with Crippen LogP contribution in [0, 0.1) is 13.8 Å². The summed E-state index contributed by atoms with van der Waals surface area (Å²) in [5.74, 6) is -0.288. The van der Waals surface area contributed by atoms with Crippen LogP contribution < -0.4 is 5.73 Å². The van der Waals surface area contributed by atoms with Gasteiger partial charge < -0.3 is 10.3 Å². The van der Waals surface area contributed by atoms with Crippen LogP contribution in [0.15, 0.2) is 38.6 Å². The Morgan fingerprint density at radius 1 is 1.35 bits per heavy atom. The topological polar surface area (TPSA) is 60.4 Å². The molecule has 3 rings (SSSR count). The third kappa shape index (κ3) is 3.11. The van der Waals surface area contributed by atoms with Gasteiger partial charge in [0.1, 0.15) is 0 Å². The highest BCUT2D eigenvalue weighted by atomic mass is 79.9. The van der Waals surface area contributed by atoms with Crippen molar-refractivity contribution in [2.45, 2.75) is 13.8 Å². The molecule has 4 nitrogen and oxygen atoms in total. The van der Waals surface area contributed by atoms with Crippen molar-refractivity contribution in [1.82, 2.24) is 4.57 Å². The van der Waals surface area contributed by atoms with E-state index in [1.807, 2.05) is 44.2 Å². The first-order valence-corrected chi connectivity index (χ1v) is 8.78. The number of hydrogen-bond acceptors (Lipinski definition) is 3. The molecule has 1 aliphatic rings. The molecular weight excluding hydrogens is 398 g/mol. The molecule has 118 valence electrons. The van der Waals surface area contributed by atoms with E-state index in [4.69, 9.17) is 17.3 Å². The number of aryl methyl sites for hydroxylation is 1. The number of aromatic nitrogens is 1. The van der Waals surface area contributed by atoms with Crippen LogP contribution >= 0.6 is 39.3 Å². The molecule has 0 radical (unpaired) electrons. The molecule has 2 aromatic rings. The number of benzene rings is 1. The first-order chi connectivity index (χ1) is 10.9. The number of amides is 1. The van der Waals surface area contributed by atoms with Crippen molar-refractivity contribution in [2.24, 2.45) is 10.7 Å². The van der Waals surface area contributed by atoms with E-state index in [2.05, 4.69) is 25.5 Å². The minimum absolute atomic E-state index is 0.287. The van der Waals surface area contributed by atoms with E-state index in [1.54, 1.807) is 0 Å². The molecule has 2 heterocycles. The van der Waals surface area contributed by atoms with Gasteiger partial charge in [-0.15, -0.1) is 0 Å². The van der Waals surface area contributed by atoms with Crippen molar-refractivity contribution < 1.29 is 4.79 Å². The number of amidine groups is 1. The SMILES string of the molecule is Cc1cc(C=C2SC(N)=NC2=O)c(C)n1-c1ccc(Br)c(Cl)c1. The Morgan fingerprint density at radius 3 is 2.70 bits per heavy atom. The molecule has 0 saturated carbocycles. The Hall–Kier alpha value is -1.50. The number of thioether (sulfide) groups is 1. The van der Waals surface area contributed by atoms with Crippen molar-refractivity contribution in [2.75, 3.05) is 0 Å². The molecule has 0 spiro atoms. The van der Waals surface area contributed by atoms with E-state index in [0.29, 0.717) is 9.93 Å². The van der Waals surface area contributed by atoms with Crippen LogP contribution in [0.3, 0.4) is 0 Å². The minimum Gasteiger partial charge on any atom is -0.378 e. The summed E-state index contributed by atoms with van der Waals surface area (Å²) in [5, 5.41) is 0.937. The van der Waals surface area contributed by atoms with Gasteiger partial charge in [0.15, 0.2) is 5.17 Å². The second kappa shape index (κ2) is 6.19. The molecular formula is C16H13BrClN3OS. The largest absolute Gasteiger partial charge is 0.378 e. The number of nitrogens with two attached hydrogens (primary N) is 1. The first kappa shape index (κ1) is 16.4. The highest BCUT2D eigenvalue weighted by Gasteiger charge is 2.20. The Bertz CT molecular complexity index is 886. The summed E-state index contributed by atoms with van der Waals surface area (Å²) >= 11 is 10.8. The van der Waals surface area contributed by atoms with Crippen molar-refractivity contribution >= 4 is 56.4 Å². The van der Waals surface area contributed by atoms with Crippen LogP contribution in [0.5, 0.6) is 0 Å². The second-order valence-corrected chi connectivity index (χ2v) is 7.45. The molecule has 7 heteroatoms. The maximum atomic E-state index is 11.8. The highest BCUT2D eigenvalue weighted by Crippen LogP contribution is 2.31. The van der Waals surface area contributed by atoms with Gasteiger partial charge in [-0.2, -0.15) is 4.99 Å². The zero-order valence-corrected chi connectivity index (χ0v) is 15.6. The van der Waals surface area contributed by atoms with Crippen molar-refractivity contribution in [1.29, 1.82) is 0 Å². The van der Waals surface area contributed by atoms with Gasteiger partial charge in [-0.25, -0.2) is 0 Å². The number of carbonyl (C=O) groups excluding carboxylic acids is 1. The zero-order valence-electron chi connectivity index (χ0n) is 12.4. The number of carbonyl (C=O) groups is 1. The predicted molar refractivity (Wildman–Crippen MR) is 100 cm³/mol. The fraction of sp³-hybridized carbons (Fsp3) is 0.125. The number of rotatable bonds is 2. The first-order valence-electron chi connectivity index (χ1n) is 6.79. The van der Waals surface area contributed by atoms with Crippen molar-refractivity contribution in [3.05, 3.63) is 55.6 Å². The average Bonchev–Trinajstić information content (AvgIpc) is 2.93. The number of halogens is 2. The fourth-order valence-electron chi connectivity index (χ4n) is 2.52. The quantitative estimate of drug-likeness (QED) is 0.745. The van der Waals surface area contributed by atoms with E-state index < -0.39 is 0 Å². The second-order valence-electron chi connectivity index (χ2n) is 5.13. The van der Waals surface area contributed by atoms with Gasteiger partial charge in [-0.05, 0) is 77.4 Å². The summed E-state index contributed by atoms with van der Waals surface area (Å²) in [5.41, 5.74) is 9.60. The van der Waals surface area contributed by atoms with Gasteiger partial charge in [-0.1, -0.05) is 11.6 Å². The summed E-state index contributed by atoms with van der Waals surface area (Å²) in [6.07, 6.45) is 1.83. The average molecular weight is 411 g/mol. The summed E-state index contributed by atoms with van der Waals surface area (Å²) in [4.78, 5) is 16.0. The molecule has 23 heavy (non-hydrogen) atoms. The molecule has 1 aromatic heterocycles. The molecule has 0 aliphatic carbocycles. The lowest BCUT2D eigenvalue weighted by Crippen LogP contribution is -2.01. The van der Waals surface area contributed by atoms with Crippen LogP contribution in [-0.2, 0) is 4.79 Å². The maximum absolute atomic E-state index is 11.8. The molecule has 1 aromatic carbocycles. The smallest absolute Gasteiger partial charge is 0.286 e. The maximum Gasteiger partial charge on any atom is 0.286 e. The summed E-state index contributed by atoms with van der Waals surface area (Å²) in [6, 6.07) is 7.84. The summed E-state index contributed by atoms with van der Waals surface area (Å²) in [7, 11) is 0. The Balaban J connectivity index is 2.05. The van der Waals surface area contributed by atoms with Gasteiger partial charge in [0.2, 0.25) is 0 Å². The minimum atomic E-state index is -0.288. The van der Waals surface area contributed by atoms with Gasteiger partial charge in [-0.3, -0.25) is 4.79 Å². The van der Waals surface area contributed by atoms with Crippen molar-refractivity contribution in [3.63, 3.8) is 0 Å². The van der Waals surface area contributed by atoms with Gasteiger partial charge in [0, 0.05) is 21.5 Å². The molecule has 0 fully saturated rings. The van der Waals surface area contributed by atoms with Crippen LogP contribution in [-0.4, -0.2) is 15.6 Å². The van der Waals surface area contributed by atoms with E-state index >= 15 is 0 Å². The standard InChI is InChI=1S/C16H13BrClN3OS/c1-8-5-10(6-14-15(22)20-16(19)23-14)9(2)21(8)11-3-4-12(17)13(18)7-11/h3-7H,1-2H3,(H2,19,20,22). The third-order valence-corrected chi connectivity index (χ3v) is 5.60. The third-order valence-electron chi connectivity index (χ3n) is 3.56. The molecule has 0 atom stereocenters. The lowest BCUT2D eigenvalue weighted by molar-refractivity contribution is -0.113. The Morgan fingerprint density at radius 2 is 2.09 bits per heavy atom. The number of aliphatic imine (C=N–C) groups is 1. The Labute approximate surface area is 151 Å².